The average molecular weight is 226 g/mol. The van der Waals surface area contributed by atoms with Crippen LogP contribution in [0.4, 0.5) is 5.69 Å². The third kappa shape index (κ3) is 1.98. The summed E-state index contributed by atoms with van der Waals surface area (Å²) >= 11 is 5.90. The van der Waals surface area contributed by atoms with Gasteiger partial charge in [-0.3, -0.25) is 4.79 Å². The second-order valence-corrected chi connectivity index (χ2v) is 4.28. The van der Waals surface area contributed by atoms with E-state index in [4.69, 9.17) is 16.7 Å². The molecule has 1 aromatic carbocycles. The second-order valence-electron chi connectivity index (χ2n) is 3.87. The summed E-state index contributed by atoms with van der Waals surface area (Å²) < 4.78 is 0. The Labute approximate surface area is 93.1 Å². The molecule has 1 aliphatic rings. The topological polar surface area (TPSA) is 49.3 Å². The van der Waals surface area contributed by atoms with Gasteiger partial charge in [0.25, 0.3) is 0 Å². The van der Waals surface area contributed by atoms with Crippen LogP contribution in [0.5, 0.6) is 0 Å². The van der Waals surface area contributed by atoms with E-state index in [-0.39, 0.29) is 12.5 Å². The Kier molecular flexibility index (Phi) is 2.67. The fourth-order valence-corrected chi connectivity index (χ4v) is 1.61. The van der Waals surface area contributed by atoms with E-state index in [9.17, 15) is 4.79 Å². The molecular formula is C11H12ClNO2. The number of anilines is 1. The van der Waals surface area contributed by atoms with Gasteiger partial charge in [-0.1, -0.05) is 23.7 Å². The van der Waals surface area contributed by atoms with Crippen LogP contribution in [-0.2, 0) is 4.79 Å². The number of carbonyl (C=O) groups excluding carboxylic acids is 1. The summed E-state index contributed by atoms with van der Waals surface area (Å²) in [6.45, 7) is -0.0940. The molecule has 0 atom stereocenters. The van der Waals surface area contributed by atoms with E-state index < -0.39 is 5.41 Å². The molecule has 80 valence electrons. The highest BCUT2D eigenvalue weighted by Crippen LogP contribution is 2.46. The molecule has 0 radical (unpaired) electrons. The monoisotopic (exact) mass is 225 g/mol. The Bertz CT molecular complexity index is 388. The number of para-hydroxylation sites is 1. The first kappa shape index (κ1) is 10.5. The minimum absolute atomic E-state index is 0.0940. The summed E-state index contributed by atoms with van der Waals surface area (Å²) in [4.78, 5) is 11.8. The van der Waals surface area contributed by atoms with Gasteiger partial charge in [0.1, 0.15) is 0 Å². The lowest BCUT2D eigenvalue weighted by atomic mass is 10.1. The van der Waals surface area contributed by atoms with Gasteiger partial charge in [0, 0.05) is 0 Å². The molecule has 15 heavy (non-hydrogen) atoms. The molecule has 0 aliphatic heterocycles. The fourth-order valence-electron chi connectivity index (χ4n) is 1.43. The molecule has 2 rings (SSSR count). The zero-order valence-corrected chi connectivity index (χ0v) is 8.92. The van der Waals surface area contributed by atoms with Crippen molar-refractivity contribution in [2.24, 2.45) is 5.41 Å². The quantitative estimate of drug-likeness (QED) is 0.827. The lowest BCUT2D eigenvalue weighted by Crippen LogP contribution is -2.27. The Morgan fingerprint density at radius 1 is 1.47 bits per heavy atom. The number of rotatable bonds is 3. The summed E-state index contributed by atoms with van der Waals surface area (Å²) in [5, 5.41) is 12.3. The van der Waals surface area contributed by atoms with Gasteiger partial charge in [0.15, 0.2) is 0 Å². The van der Waals surface area contributed by atoms with Crippen molar-refractivity contribution in [1.82, 2.24) is 0 Å². The summed E-state index contributed by atoms with van der Waals surface area (Å²) in [6.07, 6.45) is 1.50. The molecule has 1 fully saturated rings. The molecule has 0 aromatic heterocycles. The zero-order valence-electron chi connectivity index (χ0n) is 8.16. The summed E-state index contributed by atoms with van der Waals surface area (Å²) in [6, 6.07) is 7.07. The highest BCUT2D eigenvalue weighted by molar-refractivity contribution is 6.33. The molecule has 3 nitrogen and oxygen atoms in total. The van der Waals surface area contributed by atoms with Crippen LogP contribution in [0.25, 0.3) is 0 Å². The van der Waals surface area contributed by atoms with Crippen LogP contribution in [-0.4, -0.2) is 17.6 Å². The van der Waals surface area contributed by atoms with Gasteiger partial charge in [-0.05, 0) is 25.0 Å². The zero-order chi connectivity index (χ0) is 10.9. The number of hydrogen-bond acceptors (Lipinski definition) is 2. The molecule has 1 aliphatic carbocycles. The van der Waals surface area contributed by atoms with Crippen molar-refractivity contribution in [3.63, 3.8) is 0 Å². The van der Waals surface area contributed by atoms with Gasteiger partial charge < -0.3 is 10.4 Å². The third-order valence-corrected chi connectivity index (χ3v) is 3.09. The first-order valence-electron chi connectivity index (χ1n) is 4.85. The summed E-state index contributed by atoms with van der Waals surface area (Å²) in [7, 11) is 0. The number of nitrogens with one attached hydrogen (secondary N) is 1. The summed E-state index contributed by atoms with van der Waals surface area (Å²) in [5.41, 5.74) is 0.0444. The maximum atomic E-state index is 11.8. The van der Waals surface area contributed by atoms with Crippen LogP contribution >= 0.6 is 11.6 Å². The third-order valence-electron chi connectivity index (χ3n) is 2.76. The van der Waals surface area contributed by atoms with Crippen LogP contribution in [0.3, 0.4) is 0 Å². The van der Waals surface area contributed by atoms with Crippen molar-refractivity contribution in [2.45, 2.75) is 12.8 Å². The fraction of sp³-hybridized carbons (Fsp3) is 0.364. The summed E-state index contributed by atoms with van der Waals surface area (Å²) in [5.74, 6) is -0.141. The molecule has 2 N–H and O–H groups in total. The van der Waals surface area contributed by atoms with Crippen molar-refractivity contribution in [1.29, 1.82) is 0 Å². The van der Waals surface area contributed by atoms with Crippen molar-refractivity contribution in [2.75, 3.05) is 11.9 Å². The number of amides is 1. The predicted octanol–water partition coefficient (Wildman–Crippen LogP) is 2.05. The van der Waals surface area contributed by atoms with Crippen molar-refractivity contribution < 1.29 is 9.90 Å². The maximum Gasteiger partial charge on any atom is 0.232 e. The van der Waals surface area contributed by atoms with Gasteiger partial charge in [0.05, 0.1) is 22.7 Å². The van der Waals surface area contributed by atoms with Gasteiger partial charge in [-0.15, -0.1) is 0 Å². The molecule has 1 aromatic rings. The standard InChI is InChI=1S/C11H12ClNO2/c12-8-3-1-2-4-9(8)13-10(15)11(7-14)5-6-11/h1-4,14H,5-7H2,(H,13,15). The molecule has 0 saturated heterocycles. The van der Waals surface area contributed by atoms with Gasteiger partial charge in [-0.2, -0.15) is 0 Å². The minimum Gasteiger partial charge on any atom is -0.395 e. The SMILES string of the molecule is O=C(Nc1ccccc1Cl)C1(CO)CC1. The molecule has 0 unspecified atom stereocenters. The largest absolute Gasteiger partial charge is 0.395 e. The molecule has 1 amide bonds. The van der Waals surface area contributed by atoms with E-state index in [1.165, 1.54) is 0 Å². The number of halogens is 1. The smallest absolute Gasteiger partial charge is 0.232 e. The van der Waals surface area contributed by atoms with E-state index >= 15 is 0 Å². The van der Waals surface area contributed by atoms with E-state index in [1.807, 2.05) is 0 Å². The van der Waals surface area contributed by atoms with E-state index in [2.05, 4.69) is 5.32 Å². The second kappa shape index (κ2) is 3.83. The molecular weight excluding hydrogens is 214 g/mol. The number of aliphatic hydroxyl groups is 1. The molecule has 0 heterocycles. The van der Waals surface area contributed by atoms with E-state index in [0.29, 0.717) is 10.7 Å². The van der Waals surface area contributed by atoms with E-state index in [1.54, 1.807) is 24.3 Å². The Morgan fingerprint density at radius 2 is 2.13 bits per heavy atom. The minimum atomic E-state index is -0.556. The maximum absolute atomic E-state index is 11.8. The van der Waals surface area contributed by atoms with Crippen molar-refractivity contribution in [3.8, 4) is 0 Å². The van der Waals surface area contributed by atoms with Crippen LogP contribution in [0.2, 0.25) is 5.02 Å². The lowest BCUT2D eigenvalue weighted by molar-refractivity contribution is -0.122. The highest BCUT2D eigenvalue weighted by atomic mass is 35.5. The van der Waals surface area contributed by atoms with E-state index in [0.717, 1.165) is 12.8 Å². The number of carbonyl (C=O) groups is 1. The molecule has 0 spiro atoms. The van der Waals surface area contributed by atoms with Crippen LogP contribution in [0.1, 0.15) is 12.8 Å². The van der Waals surface area contributed by atoms with Crippen LogP contribution in [0.15, 0.2) is 24.3 Å². The average Bonchev–Trinajstić information content (AvgIpc) is 3.02. The van der Waals surface area contributed by atoms with Crippen LogP contribution in [0, 0.1) is 5.41 Å². The van der Waals surface area contributed by atoms with Crippen LogP contribution < -0.4 is 5.32 Å². The van der Waals surface area contributed by atoms with Gasteiger partial charge in [-0.25, -0.2) is 0 Å². The van der Waals surface area contributed by atoms with Gasteiger partial charge >= 0.3 is 0 Å². The molecule has 4 heteroatoms. The number of benzene rings is 1. The molecule has 1 saturated carbocycles. The first-order valence-corrected chi connectivity index (χ1v) is 5.23. The van der Waals surface area contributed by atoms with Crippen molar-refractivity contribution in [3.05, 3.63) is 29.3 Å². The lowest BCUT2D eigenvalue weighted by Gasteiger charge is -2.12. The van der Waals surface area contributed by atoms with Crippen molar-refractivity contribution >= 4 is 23.2 Å². The molecule has 0 bridgehead atoms. The Balaban J connectivity index is 2.10. The van der Waals surface area contributed by atoms with Gasteiger partial charge in [0.2, 0.25) is 5.91 Å². The predicted molar refractivity (Wildman–Crippen MR) is 58.8 cm³/mol. The normalized spacial score (nSPS) is 17.2. The first-order chi connectivity index (χ1) is 7.18. The number of hydrogen-bond donors (Lipinski definition) is 2. The number of aliphatic hydroxyl groups excluding tert-OH is 1. The highest BCUT2D eigenvalue weighted by Gasteiger charge is 2.49. The Hall–Kier alpha value is -1.06. The Morgan fingerprint density at radius 3 is 2.67 bits per heavy atom.